The molecule has 1 N–H and O–H groups in total. The Morgan fingerprint density at radius 3 is 2.32 bits per heavy atom. The van der Waals surface area contributed by atoms with E-state index in [0.29, 0.717) is 5.75 Å². The third-order valence-electron chi connectivity index (χ3n) is 2.76. The second-order valence-corrected chi connectivity index (χ2v) is 4.16. The van der Waals surface area contributed by atoms with Gasteiger partial charge in [-0.3, -0.25) is 19.3 Å². The van der Waals surface area contributed by atoms with Crippen LogP contribution in [0.15, 0.2) is 24.3 Å². The van der Waals surface area contributed by atoms with Crippen molar-refractivity contribution in [1.29, 1.82) is 0 Å². The first kappa shape index (κ1) is 13.1. The molecular formula is C13H13NO5. The molecular weight excluding hydrogens is 250 g/mol. The Morgan fingerprint density at radius 1 is 1.16 bits per heavy atom. The van der Waals surface area contributed by atoms with Gasteiger partial charge in [-0.2, -0.15) is 0 Å². The van der Waals surface area contributed by atoms with Crippen molar-refractivity contribution < 1.29 is 24.2 Å². The zero-order chi connectivity index (χ0) is 13.8. The van der Waals surface area contributed by atoms with E-state index in [-0.39, 0.29) is 43.4 Å². The molecule has 0 aliphatic carbocycles. The molecule has 0 aromatic heterocycles. The topological polar surface area (TPSA) is 83.9 Å². The van der Waals surface area contributed by atoms with Gasteiger partial charge < -0.3 is 9.84 Å². The number of aromatic hydroxyl groups is 1. The number of carbonyl (C=O) groups excluding carboxylic acids is 3. The van der Waals surface area contributed by atoms with Crippen LogP contribution in [0.3, 0.4) is 0 Å². The molecule has 1 aromatic carbocycles. The highest BCUT2D eigenvalue weighted by atomic mass is 16.5. The molecule has 1 aliphatic rings. The van der Waals surface area contributed by atoms with Crippen molar-refractivity contribution >= 4 is 17.8 Å². The first-order valence-electron chi connectivity index (χ1n) is 5.89. The number of phenols is 1. The van der Waals surface area contributed by atoms with Gasteiger partial charge in [-0.15, -0.1) is 0 Å². The van der Waals surface area contributed by atoms with Gasteiger partial charge in [0.05, 0.1) is 6.42 Å². The van der Waals surface area contributed by atoms with Crippen molar-refractivity contribution in [3.05, 3.63) is 24.3 Å². The lowest BCUT2D eigenvalue weighted by Gasteiger charge is -2.12. The van der Waals surface area contributed by atoms with E-state index in [9.17, 15) is 14.4 Å². The molecule has 1 aromatic rings. The number of hydrogen-bond acceptors (Lipinski definition) is 5. The van der Waals surface area contributed by atoms with Gasteiger partial charge in [0.2, 0.25) is 11.8 Å². The summed E-state index contributed by atoms with van der Waals surface area (Å²) in [6.07, 6.45) is 0.385. The molecule has 0 atom stereocenters. The third-order valence-corrected chi connectivity index (χ3v) is 2.76. The van der Waals surface area contributed by atoms with Gasteiger partial charge in [-0.1, -0.05) is 0 Å². The predicted molar refractivity (Wildman–Crippen MR) is 64.3 cm³/mol. The van der Waals surface area contributed by atoms with Gasteiger partial charge in [-0.05, 0) is 24.3 Å². The fourth-order valence-corrected chi connectivity index (χ4v) is 1.77. The molecule has 1 heterocycles. The zero-order valence-corrected chi connectivity index (χ0v) is 10.2. The Kier molecular flexibility index (Phi) is 3.79. The molecule has 6 heteroatoms. The number of carbonyl (C=O) groups is 3. The van der Waals surface area contributed by atoms with E-state index in [1.54, 1.807) is 0 Å². The number of phenolic OH excluding ortho intramolecular Hbond substituents is 1. The molecule has 0 saturated carbocycles. The summed E-state index contributed by atoms with van der Waals surface area (Å²) in [5, 5.41) is 9.07. The van der Waals surface area contributed by atoms with Crippen LogP contribution in [-0.4, -0.2) is 34.3 Å². The number of ether oxygens (including phenoxy) is 1. The first-order chi connectivity index (χ1) is 9.06. The number of amides is 2. The van der Waals surface area contributed by atoms with Gasteiger partial charge >= 0.3 is 5.97 Å². The maximum Gasteiger partial charge on any atom is 0.312 e. The number of rotatable bonds is 4. The Hall–Kier alpha value is -2.37. The summed E-state index contributed by atoms with van der Waals surface area (Å²) in [7, 11) is 0. The minimum atomic E-state index is -0.529. The normalized spacial score (nSPS) is 14.8. The molecule has 1 aliphatic heterocycles. The van der Waals surface area contributed by atoms with Gasteiger partial charge in [-0.25, -0.2) is 0 Å². The van der Waals surface area contributed by atoms with E-state index in [0.717, 1.165) is 4.90 Å². The van der Waals surface area contributed by atoms with Crippen LogP contribution in [0.4, 0.5) is 0 Å². The van der Waals surface area contributed by atoms with Gasteiger partial charge in [0.1, 0.15) is 11.5 Å². The zero-order valence-electron chi connectivity index (χ0n) is 10.2. The molecule has 0 spiro atoms. The van der Waals surface area contributed by atoms with Crippen LogP contribution in [0.25, 0.3) is 0 Å². The fourth-order valence-electron chi connectivity index (χ4n) is 1.77. The molecule has 1 saturated heterocycles. The highest BCUT2D eigenvalue weighted by molar-refractivity contribution is 6.02. The van der Waals surface area contributed by atoms with Crippen molar-refractivity contribution in [1.82, 2.24) is 4.90 Å². The average Bonchev–Trinajstić information content (AvgIpc) is 2.70. The van der Waals surface area contributed by atoms with Crippen LogP contribution < -0.4 is 4.74 Å². The monoisotopic (exact) mass is 263 g/mol. The SMILES string of the molecule is O=C(CCN1C(=O)CCC1=O)Oc1ccc(O)cc1. The largest absolute Gasteiger partial charge is 0.508 e. The van der Waals surface area contributed by atoms with E-state index >= 15 is 0 Å². The van der Waals surface area contributed by atoms with Crippen LogP contribution in [0, 0.1) is 0 Å². The molecule has 100 valence electrons. The second-order valence-electron chi connectivity index (χ2n) is 4.16. The molecule has 2 amide bonds. The number of benzene rings is 1. The van der Waals surface area contributed by atoms with Crippen LogP contribution in [0.5, 0.6) is 11.5 Å². The lowest BCUT2D eigenvalue weighted by atomic mass is 10.3. The lowest BCUT2D eigenvalue weighted by molar-refractivity contribution is -0.140. The summed E-state index contributed by atoms with van der Waals surface area (Å²) in [5.74, 6) is -0.641. The van der Waals surface area contributed by atoms with Gasteiger partial charge in [0.15, 0.2) is 0 Å². The third kappa shape index (κ3) is 3.31. The molecule has 0 unspecified atom stereocenters. The summed E-state index contributed by atoms with van der Waals surface area (Å²) >= 11 is 0. The van der Waals surface area contributed by atoms with E-state index in [2.05, 4.69) is 0 Å². The Morgan fingerprint density at radius 2 is 1.74 bits per heavy atom. The summed E-state index contributed by atoms with van der Waals surface area (Å²) in [6, 6.07) is 5.71. The maximum atomic E-state index is 11.5. The van der Waals surface area contributed by atoms with E-state index in [1.165, 1.54) is 24.3 Å². The molecule has 2 rings (SSSR count). The Labute approximate surface area is 109 Å². The van der Waals surface area contributed by atoms with Crippen molar-refractivity contribution in [2.45, 2.75) is 19.3 Å². The lowest BCUT2D eigenvalue weighted by Crippen LogP contribution is -2.31. The quantitative estimate of drug-likeness (QED) is 0.494. The number of nitrogens with zero attached hydrogens (tertiary/aromatic N) is 1. The van der Waals surface area contributed by atoms with Crippen LogP contribution >= 0.6 is 0 Å². The summed E-state index contributed by atoms with van der Waals surface area (Å²) < 4.78 is 5.00. The summed E-state index contributed by atoms with van der Waals surface area (Å²) in [5.41, 5.74) is 0. The second kappa shape index (κ2) is 5.51. The first-order valence-corrected chi connectivity index (χ1v) is 5.89. The van der Waals surface area contributed by atoms with E-state index in [1.807, 2.05) is 0 Å². The maximum absolute atomic E-state index is 11.5. The highest BCUT2D eigenvalue weighted by Crippen LogP contribution is 2.17. The minimum Gasteiger partial charge on any atom is -0.508 e. The smallest absolute Gasteiger partial charge is 0.312 e. The Balaban J connectivity index is 1.83. The average molecular weight is 263 g/mol. The van der Waals surface area contributed by atoms with Crippen LogP contribution in [0.1, 0.15) is 19.3 Å². The summed E-state index contributed by atoms with van der Waals surface area (Å²) in [4.78, 5) is 35.3. The van der Waals surface area contributed by atoms with Gasteiger partial charge in [0, 0.05) is 19.4 Å². The standard InChI is InChI=1S/C13H13NO5/c15-9-1-3-10(4-2-9)19-13(18)7-8-14-11(16)5-6-12(14)17/h1-4,15H,5-8H2. The van der Waals surface area contributed by atoms with Crippen molar-refractivity contribution in [3.8, 4) is 11.5 Å². The molecule has 6 nitrogen and oxygen atoms in total. The minimum absolute atomic E-state index is 0.0433. The highest BCUT2D eigenvalue weighted by Gasteiger charge is 2.28. The van der Waals surface area contributed by atoms with Crippen molar-refractivity contribution in [2.24, 2.45) is 0 Å². The van der Waals surface area contributed by atoms with Crippen LogP contribution in [-0.2, 0) is 14.4 Å². The van der Waals surface area contributed by atoms with E-state index < -0.39 is 5.97 Å². The number of hydrogen-bond donors (Lipinski definition) is 1. The van der Waals surface area contributed by atoms with Gasteiger partial charge in [0.25, 0.3) is 0 Å². The predicted octanol–water partition coefficient (Wildman–Crippen LogP) is 0.837. The summed E-state index contributed by atoms with van der Waals surface area (Å²) in [6.45, 7) is 0.0502. The fraction of sp³-hybridized carbons (Fsp3) is 0.308. The number of esters is 1. The molecule has 0 radical (unpaired) electrons. The van der Waals surface area contributed by atoms with Crippen molar-refractivity contribution in [3.63, 3.8) is 0 Å². The molecule has 1 fully saturated rings. The Bertz CT molecular complexity index is 492. The van der Waals surface area contributed by atoms with E-state index in [4.69, 9.17) is 9.84 Å². The van der Waals surface area contributed by atoms with Crippen LogP contribution in [0.2, 0.25) is 0 Å². The van der Waals surface area contributed by atoms with Crippen molar-refractivity contribution in [2.75, 3.05) is 6.54 Å². The number of likely N-dealkylation sites (tertiary alicyclic amines) is 1. The number of imide groups is 1. The molecule has 19 heavy (non-hydrogen) atoms. The molecule has 0 bridgehead atoms.